The number of carboxylic acid groups (broad SMARTS) is 1. The summed E-state index contributed by atoms with van der Waals surface area (Å²) in [6.45, 7) is 0.800. The van der Waals surface area contributed by atoms with Gasteiger partial charge in [-0.2, -0.15) is 0 Å². The summed E-state index contributed by atoms with van der Waals surface area (Å²) in [6, 6.07) is 0. The van der Waals surface area contributed by atoms with Crippen molar-refractivity contribution in [1.82, 2.24) is 5.32 Å². The van der Waals surface area contributed by atoms with Crippen molar-refractivity contribution in [2.45, 2.75) is 63.0 Å². The third-order valence-electron chi connectivity index (χ3n) is 4.70. The quantitative estimate of drug-likeness (QED) is 0.763. The van der Waals surface area contributed by atoms with E-state index in [0.29, 0.717) is 12.8 Å². The first-order valence-electron chi connectivity index (χ1n) is 7.20. The molecule has 18 heavy (non-hydrogen) atoms. The van der Waals surface area contributed by atoms with E-state index in [4.69, 9.17) is 4.74 Å². The van der Waals surface area contributed by atoms with Crippen molar-refractivity contribution < 1.29 is 14.6 Å². The van der Waals surface area contributed by atoms with Crippen LogP contribution in [0.25, 0.3) is 0 Å². The summed E-state index contributed by atoms with van der Waals surface area (Å²) >= 11 is 0. The van der Waals surface area contributed by atoms with Crippen LogP contribution in [-0.4, -0.2) is 36.4 Å². The van der Waals surface area contributed by atoms with Gasteiger partial charge in [0.1, 0.15) is 5.54 Å². The van der Waals surface area contributed by atoms with E-state index in [9.17, 15) is 9.90 Å². The van der Waals surface area contributed by atoms with Gasteiger partial charge in [-0.3, -0.25) is 4.79 Å². The number of ether oxygens (including phenoxy) is 1. The van der Waals surface area contributed by atoms with Crippen molar-refractivity contribution in [3.63, 3.8) is 0 Å². The van der Waals surface area contributed by atoms with E-state index in [2.05, 4.69) is 5.32 Å². The first-order valence-corrected chi connectivity index (χ1v) is 7.20. The number of aliphatic carboxylic acids is 1. The Morgan fingerprint density at radius 3 is 2.72 bits per heavy atom. The molecule has 2 aliphatic rings. The van der Waals surface area contributed by atoms with Gasteiger partial charge in [-0.15, -0.1) is 0 Å². The van der Waals surface area contributed by atoms with Gasteiger partial charge in [-0.1, -0.05) is 19.3 Å². The molecule has 2 aliphatic carbocycles. The number of hydrogen-bond acceptors (Lipinski definition) is 3. The molecular weight excluding hydrogens is 230 g/mol. The number of likely N-dealkylation sites (N-methyl/N-ethyl adjacent to an activating group) is 1. The van der Waals surface area contributed by atoms with E-state index < -0.39 is 11.5 Å². The number of nitrogens with one attached hydrogen (secondary N) is 1. The maximum Gasteiger partial charge on any atom is 0.323 e. The number of hydrogen-bond donors (Lipinski definition) is 2. The fourth-order valence-electron chi connectivity index (χ4n) is 3.08. The Hall–Kier alpha value is -0.610. The summed E-state index contributed by atoms with van der Waals surface area (Å²) in [5.41, 5.74) is -0.764. The van der Waals surface area contributed by atoms with E-state index in [-0.39, 0.29) is 6.10 Å². The number of rotatable bonds is 6. The Kier molecular flexibility index (Phi) is 4.62. The molecule has 0 aromatic rings. The zero-order chi connectivity index (χ0) is 13.0. The standard InChI is InChI=1S/C14H25NO3/c1-15-14(13(16)17)8-3-6-12(10-14)18-9-7-11-4-2-5-11/h11-12,15H,2-10H2,1H3,(H,16,17). The monoisotopic (exact) mass is 255 g/mol. The van der Waals surface area contributed by atoms with Gasteiger partial charge in [0.05, 0.1) is 6.10 Å². The highest BCUT2D eigenvalue weighted by Crippen LogP contribution is 2.32. The Labute approximate surface area is 109 Å². The minimum absolute atomic E-state index is 0.113. The van der Waals surface area contributed by atoms with Gasteiger partial charge in [-0.05, 0) is 38.6 Å². The maximum atomic E-state index is 11.4. The second-order valence-electron chi connectivity index (χ2n) is 5.81. The van der Waals surface area contributed by atoms with Crippen LogP contribution in [0.1, 0.15) is 51.4 Å². The molecule has 4 heteroatoms. The lowest BCUT2D eigenvalue weighted by molar-refractivity contribution is -0.149. The van der Waals surface area contributed by atoms with Crippen LogP contribution < -0.4 is 5.32 Å². The highest BCUT2D eigenvalue weighted by Gasteiger charge is 2.42. The van der Waals surface area contributed by atoms with Gasteiger partial charge in [0.25, 0.3) is 0 Å². The SMILES string of the molecule is CNC1(C(=O)O)CCCC(OCCC2CCC2)C1. The van der Waals surface area contributed by atoms with Gasteiger partial charge in [0.2, 0.25) is 0 Å². The molecule has 0 aliphatic heterocycles. The molecular formula is C14H25NO3. The van der Waals surface area contributed by atoms with E-state index in [1.165, 1.54) is 19.3 Å². The first-order chi connectivity index (χ1) is 8.66. The molecule has 0 amide bonds. The van der Waals surface area contributed by atoms with Crippen molar-refractivity contribution in [3.05, 3.63) is 0 Å². The Bertz CT molecular complexity index is 291. The van der Waals surface area contributed by atoms with Gasteiger partial charge < -0.3 is 15.2 Å². The normalized spacial score (nSPS) is 33.1. The Morgan fingerprint density at radius 1 is 1.39 bits per heavy atom. The van der Waals surface area contributed by atoms with Gasteiger partial charge in [0, 0.05) is 13.0 Å². The number of carbonyl (C=O) groups is 1. The summed E-state index contributed by atoms with van der Waals surface area (Å²) in [5, 5.41) is 12.3. The van der Waals surface area contributed by atoms with Crippen LogP contribution in [0.4, 0.5) is 0 Å². The van der Waals surface area contributed by atoms with E-state index in [0.717, 1.165) is 31.8 Å². The Morgan fingerprint density at radius 2 is 2.17 bits per heavy atom. The third-order valence-corrected chi connectivity index (χ3v) is 4.70. The zero-order valence-corrected chi connectivity index (χ0v) is 11.3. The van der Waals surface area contributed by atoms with Crippen LogP contribution in [0, 0.1) is 5.92 Å². The lowest BCUT2D eigenvalue weighted by atomic mass is 9.80. The van der Waals surface area contributed by atoms with Crippen LogP contribution in [0.2, 0.25) is 0 Å². The molecule has 2 fully saturated rings. The summed E-state index contributed by atoms with van der Waals surface area (Å²) < 4.78 is 5.89. The predicted octanol–water partition coefficient (Wildman–Crippen LogP) is 2.18. The van der Waals surface area contributed by atoms with Gasteiger partial charge in [-0.25, -0.2) is 0 Å². The molecule has 2 unspecified atom stereocenters. The van der Waals surface area contributed by atoms with Crippen molar-refractivity contribution in [1.29, 1.82) is 0 Å². The van der Waals surface area contributed by atoms with Crippen LogP contribution >= 0.6 is 0 Å². The van der Waals surface area contributed by atoms with E-state index in [1.54, 1.807) is 7.05 Å². The minimum Gasteiger partial charge on any atom is -0.480 e. The predicted molar refractivity (Wildman–Crippen MR) is 69.6 cm³/mol. The highest BCUT2D eigenvalue weighted by molar-refractivity contribution is 5.79. The van der Waals surface area contributed by atoms with Crippen molar-refractivity contribution >= 4 is 5.97 Å². The zero-order valence-electron chi connectivity index (χ0n) is 11.3. The molecule has 0 saturated heterocycles. The van der Waals surface area contributed by atoms with Gasteiger partial charge >= 0.3 is 5.97 Å². The van der Waals surface area contributed by atoms with Crippen LogP contribution in [-0.2, 0) is 9.53 Å². The fraction of sp³-hybridized carbons (Fsp3) is 0.929. The first kappa shape index (κ1) is 13.8. The second-order valence-corrected chi connectivity index (χ2v) is 5.81. The van der Waals surface area contributed by atoms with Crippen molar-refractivity contribution in [2.75, 3.05) is 13.7 Å². The highest BCUT2D eigenvalue weighted by atomic mass is 16.5. The molecule has 0 heterocycles. The summed E-state index contributed by atoms with van der Waals surface area (Å²) in [6.07, 6.45) is 8.58. The lowest BCUT2D eigenvalue weighted by Gasteiger charge is -2.37. The average molecular weight is 255 g/mol. The molecule has 0 radical (unpaired) electrons. The molecule has 0 aromatic carbocycles. The van der Waals surface area contributed by atoms with E-state index >= 15 is 0 Å². The third kappa shape index (κ3) is 3.04. The average Bonchev–Trinajstić information content (AvgIpc) is 2.32. The van der Waals surface area contributed by atoms with Crippen LogP contribution in [0.3, 0.4) is 0 Å². The number of carboxylic acids is 1. The van der Waals surface area contributed by atoms with Crippen LogP contribution in [0.5, 0.6) is 0 Å². The molecule has 0 aromatic heterocycles. The van der Waals surface area contributed by atoms with E-state index in [1.807, 2.05) is 0 Å². The molecule has 104 valence electrons. The fourth-order valence-corrected chi connectivity index (χ4v) is 3.08. The summed E-state index contributed by atoms with van der Waals surface area (Å²) in [4.78, 5) is 11.4. The molecule has 0 bridgehead atoms. The van der Waals surface area contributed by atoms with Crippen LogP contribution in [0.15, 0.2) is 0 Å². The largest absolute Gasteiger partial charge is 0.480 e. The van der Waals surface area contributed by atoms with Crippen molar-refractivity contribution in [2.24, 2.45) is 5.92 Å². The molecule has 2 N–H and O–H groups in total. The smallest absolute Gasteiger partial charge is 0.323 e. The molecule has 2 atom stereocenters. The van der Waals surface area contributed by atoms with Gasteiger partial charge in [0.15, 0.2) is 0 Å². The second kappa shape index (κ2) is 6.02. The maximum absolute atomic E-state index is 11.4. The molecule has 4 nitrogen and oxygen atoms in total. The molecule has 2 rings (SSSR count). The van der Waals surface area contributed by atoms with Crippen molar-refractivity contribution in [3.8, 4) is 0 Å². The lowest BCUT2D eigenvalue weighted by Crippen LogP contribution is -2.54. The molecule has 2 saturated carbocycles. The summed E-state index contributed by atoms with van der Waals surface area (Å²) in [5.74, 6) is 0.124. The minimum atomic E-state index is -0.764. The topological polar surface area (TPSA) is 58.6 Å². The summed E-state index contributed by atoms with van der Waals surface area (Å²) in [7, 11) is 1.74. The molecule has 0 spiro atoms. The Balaban J connectivity index is 1.76.